The van der Waals surface area contributed by atoms with E-state index in [9.17, 15) is 24.3 Å². The van der Waals surface area contributed by atoms with E-state index in [-0.39, 0.29) is 37.4 Å². The van der Waals surface area contributed by atoms with Gasteiger partial charge in [0.25, 0.3) is 0 Å². The molecule has 1 rings (SSSR count). The summed E-state index contributed by atoms with van der Waals surface area (Å²) in [5, 5.41) is 16.2. The monoisotopic (exact) mass is 595 g/mol. The van der Waals surface area contributed by atoms with Crippen LogP contribution in [0.1, 0.15) is 91.2 Å². The van der Waals surface area contributed by atoms with E-state index in [0.29, 0.717) is 18.6 Å². The second kappa shape index (κ2) is 19.2. The molecule has 1 aromatic carbocycles. The van der Waals surface area contributed by atoms with Crippen LogP contribution in [-0.2, 0) is 23.9 Å². The van der Waals surface area contributed by atoms with Crippen molar-refractivity contribution in [3.63, 3.8) is 0 Å². The lowest BCUT2D eigenvalue weighted by Crippen LogP contribution is -2.53. The molecule has 10 nitrogen and oxygen atoms in total. The molecular weight excluding hydrogens is 546 g/mol. The minimum Gasteiger partial charge on any atom is -0.508 e. The van der Waals surface area contributed by atoms with Gasteiger partial charge < -0.3 is 30.1 Å². The van der Waals surface area contributed by atoms with Crippen LogP contribution < -0.4 is 10.6 Å². The number of alkyl carbamates (subject to hydrolysis) is 1. The lowest BCUT2D eigenvalue weighted by atomic mass is 10.0. The average Bonchev–Trinajstić information content (AvgIpc) is 2.89. The number of nitrogens with zero attached hydrogens (tertiary/aromatic N) is 1. The van der Waals surface area contributed by atoms with Gasteiger partial charge in [0.1, 0.15) is 23.4 Å². The van der Waals surface area contributed by atoms with Crippen LogP contribution in [0.15, 0.2) is 24.3 Å². The summed E-state index contributed by atoms with van der Waals surface area (Å²) in [5.41, 5.74) is -0.503. The van der Waals surface area contributed by atoms with Gasteiger partial charge in [-0.3, -0.25) is 14.4 Å². The fraction of sp³-hybridized carbons (Fsp3) is 0.667. The summed E-state index contributed by atoms with van der Waals surface area (Å²) in [6.07, 6.45) is 6.05. The van der Waals surface area contributed by atoms with Crippen molar-refractivity contribution in [3.05, 3.63) is 29.8 Å². The first-order chi connectivity index (χ1) is 19.4. The van der Waals surface area contributed by atoms with Crippen LogP contribution in [0, 0.1) is 0 Å². The third-order valence-electron chi connectivity index (χ3n) is 6.11. The summed E-state index contributed by atoms with van der Waals surface area (Å²) in [4.78, 5) is 53.8. The molecule has 0 bridgehead atoms. The summed E-state index contributed by atoms with van der Waals surface area (Å²) >= 11 is 1.53. The zero-order valence-corrected chi connectivity index (χ0v) is 26.3. The Hall–Kier alpha value is -2.95. The third kappa shape index (κ3) is 14.0. The number of phenols is 1. The minimum atomic E-state index is -1.19. The van der Waals surface area contributed by atoms with E-state index in [1.54, 1.807) is 45.9 Å². The molecular formula is C30H49N3O7S. The van der Waals surface area contributed by atoms with Gasteiger partial charge in [0.15, 0.2) is 0 Å². The number of aromatic hydroxyl groups is 1. The largest absolute Gasteiger partial charge is 0.508 e. The highest BCUT2D eigenvalue weighted by atomic mass is 32.2. The van der Waals surface area contributed by atoms with Crippen LogP contribution in [0.25, 0.3) is 0 Å². The number of carbonyl (C=O) groups is 4. The fourth-order valence-corrected chi connectivity index (χ4v) is 4.65. The van der Waals surface area contributed by atoms with Gasteiger partial charge in [-0.15, -0.1) is 0 Å². The summed E-state index contributed by atoms with van der Waals surface area (Å²) in [7, 11) is 0. The molecule has 0 saturated carbocycles. The zero-order chi connectivity index (χ0) is 30.8. The van der Waals surface area contributed by atoms with Gasteiger partial charge >= 0.3 is 12.1 Å². The van der Waals surface area contributed by atoms with Crippen molar-refractivity contribution in [2.45, 2.75) is 97.2 Å². The Labute approximate surface area is 249 Å². The molecule has 0 radical (unpaired) electrons. The molecule has 0 aliphatic rings. The second-order valence-electron chi connectivity index (χ2n) is 10.7. The molecule has 0 fully saturated rings. The maximum absolute atomic E-state index is 14.2. The first-order valence-electron chi connectivity index (χ1n) is 14.4. The maximum atomic E-state index is 14.2. The highest BCUT2D eigenvalue weighted by Crippen LogP contribution is 2.30. The van der Waals surface area contributed by atoms with Crippen molar-refractivity contribution in [2.75, 3.05) is 31.7 Å². The van der Waals surface area contributed by atoms with E-state index in [1.165, 1.54) is 22.7 Å². The van der Waals surface area contributed by atoms with Crippen molar-refractivity contribution >= 4 is 35.6 Å². The Morgan fingerprint density at radius 1 is 1.05 bits per heavy atom. The van der Waals surface area contributed by atoms with E-state index in [0.717, 1.165) is 25.7 Å². The number of hydrogen-bond acceptors (Lipinski definition) is 8. The minimum absolute atomic E-state index is 0.00630. The lowest BCUT2D eigenvalue weighted by Gasteiger charge is -2.35. The summed E-state index contributed by atoms with van der Waals surface area (Å²) in [6.45, 7) is 9.51. The van der Waals surface area contributed by atoms with Crippen LogP contribution in [0.5, 0.6) is 5.75 Å². The molecule has 11 heteroatoms. The molecule has 232 valence electrons. The van der Waals surface area contributed by atoms with Gasteiger partial charge in [-0.25, -0.2) is 4.79 Å². The Kier molecular flexibility index (Phi) is 16.9. The number of thioether (sulfide) groups is 1. The van der Waals surface area contributed by atoms with Gasteiger partial charge in [0.05, 0.1) is 13.0 Å². The van der Waals surface area contributed by atoms with Crippen LogP contribution in [0.2, 0.25) is 0 Å². The van der Waals surface area contributed by atoms with Crippen LogP contribution in [-0.4, -0.2) is 77.2 Å². The summed E-state index contributed by atoms with van der Waals surface area (Å²) in [6, 6.07) is 4.24. The van der Waals surface area contributed by atoms with E-state index in [4.69, 9.17) is 9.47 Å². The highest BCUT2D eigenvalue weighted by molar-refractivity contribution is 7.98. The maximum Gasteiger partial charge on any atom is 0.408 e. The number of nitrogens with one attached hydrogen (secondary N) is 2. The average molecular weight is 596 g/mol. The predicted octanol–water partition coefficient (Wildman–Crippen LogP) is 4.95. The smallest absolute Gasteiger partial charge is 0.408 e. The number of carbonyl (C=O) groups excluding carboxylic acids is 4. The Morgan fingerprint density at radius 3 is 2.34 bits per heavy atom. The van der Waals surface area contributed by atoms with Crippen molar-refractivity contribution in [1.29, 1.82) is 0 Å². The van der Waals surface area contributed by atoms with Crippen molar-refractivity contribution in [1.82, 2.24) is 15.5 Å². The number of para-hydroxylation sites is 1. The normalized spacial score (nSPS) is 12.6. The van der Waals surface area contributed by atoms with E-state index in [2.05, 4.69) is 17.6 Å². The second-order valence-corrected chi connectivity index (χ2v) is 11.7. The molecule has 2 atom stereocenters. The molecule has 0 heterocycles. The molecule has 41 heavy (non-hydrogen) atoms. The summed E-state index contributed by atoms with van der Waals surface area (Å²) < 4.78 is 10.4. The number of ether oxygens (including phenoxy) is 2. The van der Waals surface area contributed by atoms with Gasteiger partial charge in [-0.2, -0.15) is 11.8 Å². The van der Waals surface area contributed by atoms with Crippen molar-refractivity contribution in [3.8, 4) is 5.75 Å². The third-order valence-corrected chi connectivity index (χ3v) is 6.75. The molecule has 0 aliphatic carbocycles. The van der Waals surface area contributed by atoms with Gasteiger partial charge in [-0.05, 0) is 58.6 Å². The molecule has 0 spiro atoms. The van der Waals surface area contributed by atoms with E-state index in [1.807, 2.05) is 6.26 Å². The first kappa shape index (κ1) is 36.1. The molecule has 0 aromatic heterocycles. The first-order valence-corrected chi connectivity index (χ1v) is 15.8. The fourth-order valence-electron chi connectivity index (χ4n) is 4.18. The number of rotatable bonds is 18. The SMILES string of the molecule is CCCCCCCN(C(=O)C(CCSC)NC(=O)OC(C)(C)C)C(C(=O)NCCC(=O)OCC)c1ccccc1O. The number of phenolic OH excluding ortho intramolecular Hbond substituents is 1. The van der Waals surface area contributed by atoms with Crippen LogP contribution >= 0.6 is 11.8 Å². The highest BCUT2D eigenvalue weighted by Gasteiger charge is 2.37. The quantitative estimate of drug-likeness (QED) is 0.160. The Balaban J connectivity index is 3.42. The Bertz CT molecular complexity index is 968. The molecule has 2 unspecified atom stereocenters. The number of hydrogen-bond donors (Lipinski definition) is 3. The predicted molar refractivity (Wildman–Crippen MR) is 162 cm³/mol. The number of benzene rings is 1. The van der Waals surface area contributed by atoms with Gasteiger partial charge in [0, 0.05) is 18.7 Å². The molecule has 3 N–H and O–H groups in total. The van der Waals surface area contributed by atoms with E-state index < -0.39 is 41.6 Å². The molecule has 3 amide bonds. The summed E-state index contributed by atoms with van der Waals surface area (Å²) in [5.74, 6) is -0.992. The zero-order valence-electron chi connectivity index (χ0n) is 25.5. The number of esters is 1. The standard InChI is InChI=1S/C30H49N3O7S/c1-7-9-10-11-14-20-33(28(37)23(18-21-41-6)32-29(38)40-30(3,4)5)26(22-15-12-13-16-24(22)34)27(36)31-19-17-25(35)39-8-2/h12-13,15-16,23,26,34H,7-11,14,17-21H2,1-6H3,(H,31,36)(H,32,38). The van der Waals surface area contributed by atoms with Gasteiger partial charge in [0.2, 0.25) is 11.8 Å². The Morgan fingerprint density at radius 2 is 1.73 bits per heavy atom. The van der Waals surface area contributed by atoms with Crippen LogP contribution in [0.3, 0.4) is 0 Å². The van der Waals surface area contributed by atoms with Crippen molar-refractivity contribution in [2.24, 2.45) is 0 Å². The number of unbranched alkanes of at least 4 members (excludes halogenated alkanes) is 4. The number of amides is 3. The molecule has 0 saturated heterocycles. The topological polar surface area (TPSA) is 134 Å². The molecule has 0 aliphatic heterocycles. The lowest BCUT2D eigenvalue weighted by molar-refractivity contribution is -0.144. The van der Waals surface area contributed by atoms with Crippen molar-refractivity contribution < 1.29 is 33.8 Å². The van der Waals surface area contributed by atoms with Gasteiger partial charge in [-0.1, -0.05) is 50.8 Å². The molecule has 1 aromatic rings. The van der Waals surface area contributed by atoms with Crippen LogP contribution in [0.4, 0.5) is 4.79 Å². The van der Waals surface area contributed by atoms with E-state index >= 15 is 0 Å².